The SMILES string of the molecule is CCCC[C@@H](O)[C@@H](N)c1c(OC)cccc1OC. The summed E-state index contributed by atoms with van der Waals surface area (Å²) in [7, 11) is 3.17. The van der Waals surface area contributed by atoms with Gasteiger partial charge in [-0.05, 0) is 18.6 Å². The Labute approximate surface area is 109 Å². The highest BCUT2D eigenvalue weighted by molar-refractivity contribution is 5.47. The van der Waals surface area contributed by atoms with Gasteiger partial charge in [-0.15, -0.1) is 0 Å². The Morgan fingerprint density at radius 2 is 1.78 bits per heavy atom. The summed E-state index contributed by atoms with van der Waals surface area (Å²) >= 11 is 0. The molecule has 1 aromatic rings. The fourth-order valence-corrected chi connectivity index (χ4v) is 1.99. The van der Waals surface area contributed by atoms with E-state index in [-0.39, 0.29) is 0 Å². The van der Waals surface area contributed by atoms with Gasteiger partial charge in [0, 0.05) is 0 Å². The minimum atomic E-state index is -0.588. The molecule has 0 aromatic heterocycles. The maximum atomic E-state index is 10.1. The van der Waals surface area contributed by atoms with Crippen LogP contribution in [0.2, 0.25) is 0 Å². The summed E-state index contributed by atoms with van der Waals surface area (Å²) in [5.41, 5.74) is 6.85. The van der Waals surface area contributed by atoms with Gasteiger partial charge in [0.05, 0.1) is 31.9 Å². The summed E-state index contributed by atoms with van der Waals surface area (Å²) in [6, 6.07) is 4.99. The van der Waals surface area contributed by atoms with Crippen molar-refractivity contribution < 1.29 is 14.6 Å². The summed E-state index contributed by atoms with van der Waals surface area (Å²) in [5, 5.41) is 10.1. The van der Waals surface area contributed by atoms with Crippen LogP contribution in [0.3, 0.4) is 0 Å². The average molecular weight is 253 g/mol. The van der Waals surface area contributed by atoms with Crippen LogP contribution in [0.5, 0.6) is 11.5 Å². The molecule has 0 aliphatic rings. The first-order chi connectivity index (χ1) is 8.65. The van der Waals surface area contributed by atoms with Gasteiger partial charge >= 0.3 is 0 Å². The van der Waals surface area contributed by atoms with E-state index in [9.17, 15) is 5.11 Å². The quantitative estimate of drug-likeness (QED) is 0.782. The average Bonchev–Trinajstić information content (AvgIpc) is 2.42. The first-order valence-corrected chi connectivity index (χ1v) is 6.30. The molecular formula is C14H23NO3. The molecule has 0 saturated carbocycles. The number of methoxy groups -OCH3 is 2. The van der Waals surface area contributed by atoms with E-state index in [0.717, 1.165) is 18.4 Å². The summed E-state index contributed by atoms with van der Waals surface area (Å²) in [6.07, 6.45) is 2.08. The maximum Gasteiger partial charge on any atom is 0.127 e. The molecule has 4 heteroatoms. The smallest absolute Gasteiger partial charge is 0.127 e. The monoisotopic (exact) mass is 253 g/mol. The van der Waals surface area contributed by atoms with Crippen LogP contribution in [0.4, 0.5) is 0 Å². The molecule has 0 heterocycles. The molecule has 3 N–H and O–H groups in total. The van der Waals surface area contributed by atoms with E-state index in [0.29, 0.717) is 17.9 Å². The predicted molar refractivity (Wildman–Crippen MR) is 72.0 cm³/mol. The fraction of sp³-hybridized carbons (Fsp3) is 0.571. The number of ether oxygens (including phenoxy) is 2. The number of aliphatic hydroxyl groups excluding tert-OH is 1. The molecule has 0 saturated heterocycles. The van der Waals surface area contributed by atoms with Crippen molar-refractivity contribution in [2.45, 2.75) is 38.3 Å². The fourth-order valence-electron chi connectivity index (χ4n) is 1.99. The third-order valence-electron chi connectivity index (χ3n) is 3.07. The lowest BCUT2D eigenvalue weighted by Crippen LogP contribution is -2.27. The van der Waals surface area contributed by atoms with E-state index in [4.69, 9.17) is 15.2 Å². The lowest BCUT2D eigenvalue weighted by atomic mass is 9.96. The second-order valence-electron chi connectivity index (χ2n) is 4.31. The lowest BCUT2D eigenvalue weighted by molar-refractivity contribution is 0.130. The lowest BCUT2D eigenvalue weighted by Gasteiger charge is -2.23. The highest BCUT2D eigenvalue weighted by Gasteiger charge is 2.23. The highest BCUT2D eigenvalue weighted by atomic mass is 16.5. The van der Waals surface area contributed by atoms with Gasteiger partial charge in [-0.25, -0.2) is 0 Å². The van der Waals surface area contributed by atoms with E-state index in [2.05, 4.69) is 6.92 Å². The molecular weight excluding hydrogens is 230 g/mol. The molecule has 0 unspecified atom stereocenters. The van der Waals surface area contributed by atoms with Crippen molar-refractivity contribution in [2.24, 2.45) is 5.73 Å². The van der Waals surface area contributed by atoms with Crippen LogP contribution in [0.15, 0.2) is 18.2 Å². The zero-order chi connectivity index (χ0) is 13.5. The molecule has 0 radical (unpaired) electrons. The number of rotatable bonds is 7. The Morgan fingerprint density at radius 1 is 1.22 bits per heavy atom. The molecule has 0 aliphatic carbocycles. The summed E-state index contributed by atoms with van der Waals surface area (Å²) in [5.74, 6) is 1.30. The first-order valence-electron chi connectivity index (χ1n) is 6.30. The number of hydrogen-bond acceptors (Lipinski definition) is 4. The van der Waals surface area contributed by atoms with Gasteiger partial charge in [0.15, 0.2) is 0 Å². The van der Waals surface area contributed by atoms with Gasteiger partial charge < -0.3 is 20.3 Å². The number of aliphatic hydroxyl groups is 1. The summed E-state index contributed by atoms with van der Waals surface area (Å²) < 4.78 is 10.6. The molecule has 1 aromatic carbocycles. The van der Waals surface area contributed by atoms with Gasteiger partial charge in [-0.2, -0.15) is 0 Å². The second kappa shape index (κ2) is 7.24. The standard InChI is InChI=1S/C14H23NO3/c1-4-5-7-10(16)14(15)13-11(17-2)8-6-9-12(13)18-3/h6,8-10,14,16H,4-5,7,15H2,1-3H3/t10-,14-/m1/s1. The Kier molecular flexibility index (Phi) is 5.95. The van der Waals surface area contributed by atoms with Crippen molar-refractivity contribution in [3.63, 3.8) is 0 Å². The Hall–Kier alpha value is -1.26. The molecule has 18 heavy (non-hydrogen) atoms. The van der Waals surface area contributed by atoms with Crippen LogP contribution in [0.25, 0.3) is 0 Å². The molecule has 0 fully saturated rings. The topological polar surface area (TPSA) is 64.7 Å². The van der Waals surface area contributed by atoms with Crippen molar-refractivity contribution in [3.05, 3.63) is 23.8 Å². The number of nitrogens with two attached hydrogens (primary N) is 1. The van der Waals surface area contributed by atoms with Gasteiger partial charge in [-0.1, -0.05) is 25.8 Å². The van der Waals surface area contributed by atoms with Crippen LogP contribution in [0, 0.1) is 0 Å². The zero-order valence-electron chi connectivity index (χ0n) is 11.3. The third kappa shape index (κ3) is 3.37. The number of benzene rings is 1. The molecule has 0 bridgehead atoms. The van der Waals surface area contributed by atoms with E-state index < -0.39 is 12.1 Å². The van der Waals surface area contributed by atoms with E-state index in [1.54, 1.807) is 14.2 Å². The molecule has 2 atom stereocenters. The molecule has 0 aliphatic heterocycles. The zero-order valence-corrected chi connectivity index (χ0v) is 11.3. The normalized spacial score (nSPS) is 14.1. The van der Waals surface area contributed by atoms with Crippen molar-refractivity contribution in [1.82, 2.24) is 0 Å². The van der Waals surface area contributed by atoms with Crippen molar-refractivity contribution >= 4 is 0 Å². The molecule has 1 rings (SSSR count). The van der Waals surface area contributed by atoms with Crippen LogP contribution in [-0.4, -0.2) is 25.4 Å². The molecule has 0 spiro atoms. The van der Waals surface area contributed by atoms with Crippen LogP contribution in [-0.2, 0) is 0 Å². The van der Waals surface area contributed by atoms with Crippen LogP contribution >= 0.6 is 0 Å². The van der Waals surface area contributed by atoms with E-state index in [1.165, 1.54) is 0 Å². The number of hydrogen-bond donors (Lipinski definition) is 2. The Balaban J connectivity index is 2.98. The predicted octanol–water partition coefficient (Wildman–Crippen LogP) is 2.25. The maximum absolute atomic E-state index is 10.1. The van der Waals surface area contributed by atoms with Gasteiger partial charge in [0.2, 0.25) is 0 Å². The number of unbranched alkanes of at least 4 members (excludes halogenated alkanes) is 1. The molecule has 4 nitrogen and oxygen atoms in total. The van der Waals surface area contributed by atoms with E-state index in [1.807, 2.05) is 18.2 Å². The summed E-state index contributed by atoms with van der Waals surface area (Å²) in [6.45, 7) is 2.09. The minimum Gasteiger partial charge on any atom is -0.496 e. The highest BCUT2D eigenvalue weighted by Crippen LogP contribution is 2.35. The van der Waals surface area contributed by atoms with Crippen molar-refractivity contribution in [2.75, 3.05) is 14.2 Å². The largest absolute Gasteiger partial charge is 0.496 e. The third-order valence-corrected chi connectivity index (χ3v) is 3.07. The van der Waals surface area contributed by atoms with Crippen molar-refractivity contribution in [3.8, 4) is 11.5 Å². The van der Waals surface area contributed by atoms with Crippen molar-refractivity contribution in [1.29, 1.82) is 0 Å². The van der Waals surface area contributed by atoms with Gasteiger partial charge in [0.25, 0.3) is 0 Å². The van der Waals surface area contributed by atoms with Gasteiger partial charge in [0.1, 0.15) is 11.5 Å². The first kappa shape index (κ1) is 14.8. The second-order valence-corrected chi connectivity index (χ2v) is 4.31. The Morgan fingerprint density at radius 3 is 2.22 bits per heavy atom. The minimum absolute atomic E-state index is 0.498. The molecule has 102 valence electrons. The molecule has 0 amide bonds. The van der Waals surface area contributed by atoms with Crippen LogP contribution in [0.1, 0.15) is 37.8 Å². The summed E-state index contributed by atoms with van der Waals surface area (Å²) in [4.78, 5) is 0. The Bertz CT molecular complexity index is 346. The van der Waals surface area contributed by atoms with Crippen LogP contribution < -0.4 is 15.2 Å². The van der Waals surface area contributed by atoms with E-state index >= 15 is 0 Å². The van der Waals surface area contributed by atoms with Gasteiger partial charge in [-0.3, -0.25) is 0 Å².